The maximum Gasteiger partial charge on any atom is 0.348 e. The average molecular weight is 251 g/mol. The molecule has 0 bridgehead atoms. The van der Waals surface area contributed by atoms with E-state index in [4.69, 9.17) is 15.2 Å². The predicted molar refractivity (Wildman–Crippen MR) is 68.7 cm³/mol. The number of esters is 1. The number of hydrogen-bond acceptors (Lipinski definition) is 5. The highest BCUT2D eigenvalue weighted by molar-refractivity contribution is 7.20. The summed E-state index contributed by atoms with van der Waals surface area (Å²) >= 11 is 1.37. The summed E-state index contributed by atoms with van der Waals surface area (Å²) in [6.45, 7) is 2.16. The number of thiophene rings is 1. The largest absolute Gasteiger partial charge is 0.495 e. The minimum Gasteiger partial charge on any atom is -0.495 e. The Morgan fingerprint density at radius 3 is 2.82 bits per heavy atom. The molecule has 0 radical (unpaired) electrons. The normalized spacial score (nSPS) is 10.5. The van der Waals surface area contributed by atoms with Gasteiger partial charge in [0, 0.05) is 10.8 Å². The molecule has 1 aromatic carbocycles. The van der Waals surface area contributed by atoms with Gasteiger partial charge < -0.3 is 15.2 Å². The van der Waals surface area contributed by atoms with E-state index in [9.17, 15) is 4.79 Å². The van der Waals surface area contributed by atoms with Crippen molar-refractivity contribution in [1.29, 1.82) is 0 Å². The molecule has 0 aliphatic carbocycles. The van der Waals surface area contributed by atoms with E-state index in [1.165, 1.54) is 11.3 Å². The Morgan fingerprint density at radius 1 is 1.41 bits per heavy atom. The monoisotopic (exact) mass is 251 g/mol. The van der Waals surface area contributed by atoms with E-state index < -0.39 is 0 Å². The van der Waals surface area contributed by atoms with Gasteiger partial charge in [-0.2, -0.15) is 0 Å². The summed E-state index contributed by atoms with van der Waals surface area (Å²) in [5, 5.41) is 0.927. The first-order valence-corrected chi connectivity index (χ1v) is 6.01. The first-order valence-electron chi connectivity index (χ1n) is 5.20. The van der Waals surface area contributed by atoms with Gasteiger partial charge in [0.2, 0.25) is 0 Å². The summed E-state index contributed by atoms with van der Waals surface area (Å²) in [5.74, 6) is 0.320. The molecule has 0 unspecified atom stereocenters. The van der Waals surface area contributed by atoms with E-state index in [2.05, 4.69) is 0 Å². The Kier molecular flexibility index (Phi) is 3.19. The van der Waals surface area contributed by atoms with Crippen molar-refractivity contribution in [3.63, 3.8) is 0 Å². The highest BCUT2D eigenvalue weighted by Gasteiger charge is 2.12. The van der Waals surface area contributed by atoms with Gasteiger partial charge in [-0.05, 0) is 24.4 Å². The fraction of sp³-hybridized carbons (Fsp3) is 0.250. The van der Waals surface area contributed by atoms with Crippen LogP contribution in [0.5, 0.6) is 5.75 Å². The number of anilines is 1. The van der Waals surface area contributed by atoms with Crippen molar-refractivity contribution >= 4 is 33.1 Å². The van der Waals surface area contributed by atoms with E-state index in [1.807, 2.05) is 6.07 Å². The smallest absolute Gasteiger partial charge is 0.348 e. The summed E-state index contributed by atoms with van der Waals surface area (Å²) < 4.78 is 11.0. The van der Waals surface area contributed by atoms with Crippen molar-refractivity contribution in [3.8, 4) is 5.75 Å². The lowest BCUT2D eigenvalue weighted by molar-refractivity contribution is 0.0532. The van der Waals surface area contributed by atoms with E-state index in [1.54, 1.807) is 26.2 Å². The zero-order valence-electron chi connectivity index (χ0n) is 9.65. The van der Waals surface area contributed by atoms with E-state index in [-0.39, 0.29) is 5.97 Å². The zero-order valence-corrected chi connectivity index (χ0v) is 10.5. The van der Waals surface area contributed by atoms with Gasteiger partial charge in [-0.1, -0.05) is 0 Å². The molecular weight excluding hydrogens is 238 g/mol. The van der Waals surface area contributed by atoms with Crippen LogP contribution in [-0.4, -0.2) is 19.7 Å². The van der Waals surface area contributed by atoms with Crippen LogP contribution in [0, 0.1) is 0 Å². The number of rotatable bonds is 3. The molecule has 1 aromatic heterocycles. The second kappa shape index (κ2) is 4.63. The fourth-order valence-electron chi connectivity index (χ4n) is 1.57. The van der Waals surface area contributed by atoms with Crippen LogP contribution in [0.1, 0.15) is 16.6 Å². The van der Waals surface area contributed by atoms with Gasteiger partial charge in [0.15, 0.2) is 0 Å². The lowest BCUT2D eigenvalue weighted by atomic mass is 10.2. The molecular formula is C12H13NO3S. The van der Waals surface area contributed by atoms with E-state index in [0.717, 1.165) is 10.1 Å². The molecule has 5 heteroatoms. The Labute approximate surface area is 103 Å². The molecule has 2 N–H and O–H groups in total. The molecule has 2 rings (SSSR count). The lowest BCUT2D eigenvalue weighted by Crippen LogP contribution is -2.01. The van der Waals surface area contributed by atoms with Crippen molar-refractivity contribution < 1.29 is 14.3 Å². The fourth-order valence-corrected chi connectivity index (χ4v) is 2.53. The van der Waals surface area contributed by atoms with Gasteiger partial charge >= 0.3 is 5.97 Å². The number of methoxy groups -OCH3 is 1. The summed E-state index contributed by atoms with van der Waals surface area (Å²) in [6, 6.07) is 5.42. The van der Waals surface area contributed by atoms with Crippen molar-refractivity contribution in [2.75, 3.05) is 19.5 Å². The topological polar surface area (TPSA) is 61.5 Å². The molecule has 0 aliphatic heterocycles. The molecule has 0 fully saturated rings. The Bertz CT molecular complexity index is 562. The van der Waals surface area contributed by atoms with Gasteiger partial charge in [0.05, 0.1) is 19.4 Å². The number of ether oxygens (including phenoxy) is 2. The SMILES string of the molecule is CCOC(=O)c1cc2cc(N)c(OC)cc2s1. The van der Waals surface area contributed by atoms with Crippen LogP contribution in [0.3, 0.4) is 0 Å². The maximum atomic E-state index is 11.6. The van der Waals surface area contributed by atoms with Crippen LogP contribution >= 0.6 is 11.3 Å². The molecule has 0 spiro atoms. The van der Waals surface area contributed by atoms with E-state index in [0.29, 0.717) is 22.9 Å². The Morgan fingerprint density at radius 2 is 2.18 bits per heavy atom. The first kappa shape index (κ1) is 11.7. The zero-order chi connectivity index (χ0) is 12.4. The molecule has 0 aliphatic rings. The van der Waals surface area contributed by atoms with Crippen molar-refractivity contribution in [2.24, 2.45) is 0 Å². The number of nitrogen functional groups attached to an aromatic ring is 1. The molecule has 1 heterocycles. The summed E-state index contributed by atoms with van der Waals surface area (Å²) in [7, 11) is 1.57. The third-order valence-electron chi connectivity index (χ3n) is 2.35. The summed E-state index contributed by atoms with van der Waals surface area (Å²) in [6.07, 6.45) is 0. The highest BCUT2D eigenvalue weighted by atomic mass is 32.1. The molecule has 2 aromatic rings. The maximum absolute atomic E-state index is 11.6. The van der Waals surface area contributed by atoms with E-state index >= 15 is 0 Å². The van der Waals surface area contributed by atoms with Gasteiger partial charge in [0.1, 0.15) is 10.6 Å². The minimum absolute atomic E-state index is 0.300. The Hall–Kier alpha value is -1.75. The van der Waals surface area contributed by atoms with Crippen molar-refractivity contribution in [1.82, 2.24) is 0 Å². The third-order valence-corrected chi connectivity index (χ3v) is 3.42. The highest BCUT2D eigenvalue weighted by Crippen LogP contribution is 2.33. The second-order valence-corrected chi connectivity index (χ2v) is 4.55. The van der Waals surface area contributed by atoms with Crippen LogP contribution in [0.15, 0.2) is 18.2 Å². The van der Waals surface area contributed by atoms with Gasteiger partial charge in [-0.3, -0.25) is 0 Å². The van der Waals surface area contributed by atoms with Crippen LogP contribution in [0.2, 0.25) is 0 Å². The molecule has 0 amide bonds. The Balaban J connectivity index is 2.47. The summed E-state index contributed by atoms with van der Waals surface area (Å²) in [4.78, 5) is 12.2. The van der Waals surface area contributed by atoms with Crippen LogP contribution in [-0.2, 0) is 4.74 Å². The standard InChI is InChI=1S/C12H13NO3S/c1-3-16-12(14)11-5-7-4-8(13)9(15-2)6-10(7)17-11/h4-6H,3,13H2,1-2H3. The van der Waals surface area contributed by atoms with Crippen LogP contribution in [0.4, 0.5) is 5.69 Å². The quantitative estimate of drug-likeness (QED) is 0.673. The molecule has 4 nitrogen and oxygen atoms in total. The first-order chi connectivity index (χ1) is 8.15. The average Bonchev–Trinajstić information content (AvgIpc) is 2.71. The van der Waals surface area contributed by atoms with Gasteiger partial charge in [0.25, 0.3) is 0 Å². The summed E-state index contributed by atoms with van der Waals surface area (Å²) in [5.41, 5.74) is 6.37. The minimum atomic E-state index is -0.300. The molecule has 0 atom stereocenters. The van der Waals surface area contributed by atoms with Crippen molar-refractivity contribution in [3.05, 3.63) is 23.1 Å². The van der Waals surface area contributed by atoms with Crippen molar-refractivity contribution in [2.45, 2.75) is 6.92 Å². The second-order valence-electron chi connectivity index (χ2n) is 3.46. The number of fused-ring (bicyclic) bond motifs is 1. The number of benzene rings is 1. The number of carbonyl (C=O) groups excluding carboxylic acids is 1. The van der Waals surface area contributed by atoms with Gasteiger partial charge in [-0.15, -0.1) is 11.3 Å². The third kappa shape index (κ3) is 2.19. The van der Waals surface area contributed by atoms with Gasteiger partial charge in [-0.25, -0.2) is 4.79 Å². The number of hydrogen-bond donors (Lipinski definition) is 1. The number of carbonyl (C=O) groups is 1. The molecule has 90 valence electrons. The molecule has 0 saturated heterocycles. The lowest BCUT2D eigenvalue weighted by Gasteiger charge is -2.03. The van der Waals surface area contributed by atoms with Crippen LogP contribution < -0.4 is 10.5 Å². The van der Waals surface area contributed by atoms with Crippen LogP contribution in [0.25, 0.3) is 10.1 Å². The predicted octanol–water partition coefficient (Wildman–Crippen LogP) is 2.67. The molecule has 17 heavy (non-hydrogen) atoms. The number of nitrogens with two attached hydrogens (primary N) is 1. The molecule has 0 saturated carbocycles.